The molecule has 1 rings (SSSR count). The zero-order chi connectivity index (χ0) is 9.68. The third-order valence-electron chi connectivity index (χ3n) is 2.52. The van der Waals surface area contributed by atoms with Crippen LogP contribution in [0.1, 0.15) is 19.3 Å². The average Bonchev–Trinajstić information content (AvgIpc) is 2.19. The summed E-state index contributed by atoms with van der Waals surface area (Å²) in [6, 6.07) is 0. The Hall–Kier alpha value is -0.830. The minimum Gasteiger partial charge on any atom is -0.469 e. The van der Waals surface area contributed by atoms with Gasteiger partial charge in [0.05, 0.1) is 13.5 Å². The van der Waals surface area contributed by atoms with Crippen LogP contribution in [0.25, 0.3) is 0 Å². The minimum absolute atomic E-state index is 0.177. The largest absolute Gasteiger partial charge is 0.469 e. The molecule has 0 spiro atoms. The molecule has 1 aliphatic rings. The summed E-state index contributed by atoms with van der Waals surface area (Å²) in [5.41, 5.74) is 1.02. The molecule has 0 atom stereocenters. The van der Waals surface area contributed by atoms with Crippen LogP contribution in [0.5, 0.6) is 0 Å². The van der Waals surface area contributed by atoms with Crippen molar-refractivity contribution in [1.82, 2.24) is 5.32 Å². The highest BCUT2D eigenvalue weighted by Gasteiger charge is 2.17. The van der Waals surface area contributed by atoms with Crippen LogP contribution >= 0.6 is 0 Å². The van der Waals surface area contributed by atoms with E-state index < -0.39 is 0 Å². The summed E-state index contributed by atoms with van der Waals surface area (Å²) in [4.78, 5) is 11.0. The summed E-state index contributed by atoms with van der Waals surface area (Å²) in [5.74, 6) is 0.323. The van der Waals surface area contributed by atoms with Gasteiger partial charge >= 0.3 is 5.97 Å². The van der Waals surface area contributed by atoms with Crippen molar-refractivity contribution in [2.24, 2.45) is 5.92 Å². The van der Waals surface area contributed by atoms with E-state index in [2.05, 4.69) is 16.6 Å². The Morgan fingerprint density at radius 3 is 2.69 bits per heavy atom. The molecule has 3 nitrogen and oxygen atoms in total. The summed E-state index contributed by atoms with van der Waals surface area (Å²) in [7, 11) is 1.41. The van der Waals surface area contributed by atoms with Crippen molar-refractivity contribution in [2.75, 3.05) is 20.2 Å². The number of esters is 1. The number of rotatable bonds is 3. The van der Waals surface area contributed by atoms with E-state index in [4.69, 9.17) is 0 Å². The zero-order valence-corrected chi connectivity index (χ0v) is 8.14. The van der Waals surface area contributed by atoms with Crippen LogP contribution in [0.3, 0.4) is 0 Å². The molecule has 1 saturated heterocycles. The van der Waals surface area contributed by atoms with Gasteiger partial charge in [0.25, 0.3) is 0 Å². The quantitative estimate of drug-likeness (QED) is 0.526. The summed E-state index contributed by atoms with van der Waals surface area (Å²) >= 11 is 0. The second kappa shape index (κ2) is 5.02. The summed E-state index contributed by atoms with van der Waals surface area (Å²) in [6.45, 7) is 6.00. The lowest BCUT2D eigenvalue weighted by molar-refractivity contribution is -0.139. The Balaban J connectivity index is 2.33. The van der Waals surface area contributed by atoms with E-state index in [0.717, 1.165) is 31.5 Å². The molecule has 0 radical (unpaired) electrons. The van der Waals surface area contributed by atoms with E-state index in [-0.39, 0.29) is 5.97 Å². The van der Waals surface area contributed by atoms with E-state index >= 15 is 0 Å². The number of carbonyl (C=O) groups excluding carboxylic acids is 1. The van der Waals surface area contributed by atoms with Gasteiger partial charge in [-0.25, -0.2) is 0 Å². The first-order valence-electron chi connectivity index (χ1n) is 4.69. The molecule has 13 heavy (non-hydrogen) atoms. The van der Waals surface area contributed by atoms with Gasteiger partial charge in [0.15, 0.2) is 0 Å². The first kappa shape index (κ1) is 10.3. The minimum atomic E-state index is -0.177. The van der Waals surface area contributed by atoms with E-state index in [9.17, 15) is 4.79 Å². The predicted molar refractivity (Wildman–Crippen MR) is 51.4 cm³/mol. The monoisotopic (exact) mass is 183 g/mol. The highest BCUT2D eigenvalue weighted by molar-refractivity contribution is 5.72. The van der Waals surface area contributed by atoms with Crippen LogP contribution in [0.2, 0.25) is 0 Å². The fraction of sp³-hybridized carbons (Fsp3) is 0.700. The predicted octanol–water partition coefficient (Wildman–Crippen LogP) is 1.11. The number of methoxy groups -OCH3 is 1. The number of hydrogen-bond donors (Lipinski definition) is 1. The second-order valence-electron chi connectivity index (χ2n) is 3.44. The first-order valence-corrected chi connectivity index (χ1v) is 4.69. The molecule has 1 fully saturated rings. The molecule has 0 aromatic carbocycles. The fourth-order valence-corrected chi connectivity index (χ4v) is 1.63. The Kier molecular flexibility index (Phi) is 3.96. The van der Waals surface area contributed by atoms with Crippen LogP contribution in [0, 0.1) is 5.92 Å². The van der Waals surface area contributed by atoms with Crippen molar-refractivity contribution in [2.45, 2.75) is 19.3 Å². The molecule has 0 amide bonds. The maximum atomic E-state index is 11.0. The van der Waals surface area contributed by atoms with E-state index in [1.165, 1.54) is 7.11 Å². The van der Waals surface area contributed by atoms with Gasteiger partial charge in [-0.2, -0.15) is 0 Å². The standard InChI is InChI=1S/C10H17NO2/c1-8(7-10(12)13-2)9-3-5-11-6-4-9/h9,11H,1,3-7H2,2H3. The SMILES string of the molecule is C=C(CC(=O)OC)C1CCNCC1. The molecule has 74 valence electrons. The number of ether oxygens (including phenoxy) is 1. The van der Waals surface area contributed by atoms with Crippen molar-refractivity contribution in [1.29, 1.82) is 0 Å². The molecule has 0 bridgehead atoms. The van der Waals surface area contributed by atoms with Crippen molar-refractivity contribution in [3.63, 3.8) is 0 Å². The highest BCUT2D eigenvalue weighted by Crippen LogP contribution is 2.22. The van der Waals surface area contributed by atoms with Crippen molar-refractivity contribution in [3.8, 4) is 0 Å². The average molecular weight is 183 g/mol. The lowest BCUT2D eigenvalue weighted by atomic mass is 9.89. The summed E-state index contributed by atoms with van der Waals surface area (Å²) < 4.78 is 4.60. The molecular weight excluding hydrogens is 166 g/mol. The van der Waals surface area contributed by atoms with Crippen LogP contribution in [-0.2, 0) is 9.53 Å². The number of piperidine rings is 1. The maximum absolute atomic E-state index is 11.0. The summed E-state index contributed by atoms with van der Waals surface area (Å²) in [5, 5.41) is 3.28. The van der Waals surface area contributed by atoms with Gasteiger partial charge in [0, 0.05) is 0 Å². The number of hydrogen-bond acceptors (Lipinski definition) is 3. The summed E-state index contributed by atoms with van der Waals surface area (Å²) in [6.07, 6.45) is 2.56. The Morgan fingerprint density at radius 1 is 1.54 bits per heavy atom. The molecule has 0 aliphatic carbocycles. The third-order valence-corrected chi connectivity index (χ3v) is 2.52. The Labute approximate surface area is 79.2 Å². The number of nitrogens with one attached hydrogen (secondary N) is 1. The van der Waals surface area contributed by atoms with Gasteiger partial charge < -0.3 is 10.1 Å². The van der Waals surface area contributed by atoms with Gasteiger partial charge in [-0.3, -0.25) is 4.79 Å². The van der Waals surface area contributed by atoms with Crippen LogP contribution in [-0.4, -0.2) is 26.2 Å². The molecule has 1 heterocycles. The molecule has 0 saturated carbocycles. The topological polar surface area (TPSA) is 38.3 Å². The Bertz CT molecular complexity index is 195. The molecule has 1 N–H and O–H groups in total. The molecule has 3 heteroatoms. The molecule has 0 aromatic rings. The first-order chi connectivity index (χ1) is 6.24. The van der Waals surface area contributed by atoms with Gasteiger partial charge in [0.2, 0.25) is 0 Å². The van der Waals surface area contributed by atoms with Crippen LogP contribution in [0.15, 0.2) is 12.2 Å². The van der Waals surface area contributed by atoms with Crippen LogP contribution in [0.4, 0.5) is 0 Å². The molecular formula is C10H17NO2. The van der Waals surface area contributed by atoms with Gasteiger partial charge in [-0.1, -0.05) is 12.2 Å². The second-order valence-corrected chi connectivity index (χ2v) is 3.44. The smallest absolute Gasteiger partial charge is 0.309 e. The third kappa shape index (κ3) is 3.19. The van der Waals surface area contributed by atoms with Crippen molar-refractivity contribution in [3.05, 3.63) is 12.2 Å². The van der Waals surface area contributed by atoms with Gasteiger partial charge in [0.1, 0.15) is 0 Å². The maximum Gasteiger partial charge on any atom is 0.309 e. The van der Waals surface area contributed by atoms with Gasteiger partial charge in [-0.05, 0) is 31.8 Å². The Morgan fingerprint density at radius 2 is 2.15 bits per heavy atom. The molecule has 0 aromatic heterocycles. The van der Waals surface area contributed by atoms with E-state index in [1.807, 2.05) is 0 Å². The fourth-order valence-electron chi connectivity index (χ4n) is 1.63. The van der Waals surface area contributed by atoms with E-state index in [1.54, 1.807) is 0 Å². The van der Waals surface area contributed by atoms with Crippen LogP contribution < -0.4 is 5.32 Å². The molecule has 0 unspecified atom stereocenters. The van der Waals surface area contributed by atoms with Crippen molar-refractivity contribution < 1.29 is 9.53 Å². The van der Waals surface area contributed by atoms with Crippen molar-refractivity contribution >= 4 is 5.97 Å². The normalized spacial score (nSPS) is 18.2. The number of carbonyl (C=O) groups is 1. The highest BCUT2D eigenvalue weighted by atomic mass is 16.5. The van der Waals surface area contributed by atoms with E-state index in [0.29, 0.717) is 12.3 Å². The zero-order valence-electron chi connectivity index (χ0n) is 8.14. The lowest BCUT2D eigenvalue weighted by Crippen LogP contribution is -2.28. The molecule has 1 aliphatic heterocycles. The lowest BCUT2D eigenvalue weighted by Gasteiger charge is -2.23. The van der Waals surface area contributed by atoms with Gasteiger partial charge in [-0.15, -0.1) is 0 Å².